The van der Waals surface area contributed by atoms with Crippen LogP contribution in [0.4, 0.5) is 0 Å². The molecule has 3 rings (SSSR count). The SMILES string of the molecule is O=C1NCCCC1N1CCC2(CC1)OCCO2. The Hall–Kier alpha value is -0.650. The third-order valence-corrected chi connectivity index (χ3v) is 4.07. The highest BCUT2D eigenvalue weighted by Gasteiger charge is 2.42. The fraction of sp³-hybridized carbons (Fsp3) is 0.917. The fourth-order valence-electron chi connectivity index (χ4n) is 3.07. The van der Waals surface area contributed by atoms with Gasteiger partial charge in [0.1, 0.15) is 0 Å². The van der Waals surface area contributed by atoms with Crippen LogP contribution in [0.2, 0.25) is 0 Å². The Bertz CT molecular complexity index is 292. The predicted molar refractivity (Wildman–Crippen MR) is 61.5 cm³/mol. The summed E-state index contributed by atoms with van der Waals surface area (Å²) in [5, 5.41) is 2.95. The molecule has 0 radical (unpaired) electrons. The molecule has 1 atom stereocenters. The van der Waals surface area contributed by atoms with Gasteiger partial charge in [0.15, 0.2) is 5.79 Å². The molecule has 17 heavy (non-hydrogen) atoms. The minimum Gasteiger partial charge on any atom is -0.355 e. The summed E-state index contributed by atoms with van der Waals surface area (Å²) in [6, 6.07) is 0.0718. The quantitative estimate of drug-likeness (QED) is 0.706. The maximum absolute atomic E-state index is 11.8. The van der Waals surface area contributed by atoms with Crippen molar-refractivity contribution < 1.29 is 14.3 Å². The lowest BCUT2D eigenvalue weighted by atomic mass is 9.98. The van der Waals surface area contributed by atoms with E-state index >= 15 is 0 Å². The van der Waals surface area contributed by atoms with E-state index in [-0.39, 0.29) is 17.7 Å². The third kappa shape index (κ3) is 2.19. The molecular formula is C12H20N2O3. The van der Waals surface area contributed by atoms with Crippen molar-refractivity contribution in [1.29, 1.82) is 0 Å². The Balaban J connectivity index is 1.58. The number of piperidine rings is 2. The third-order valence-electron chi connectivity index (χ3n) is 4.07. The maximum Gasteiger partial charge on any atom is 0.237 e. The minimum absolute atomic E-state index is 0.0718. The van der Waals surface area contributed by atoms with Crippen LogP contribution in [0.15, 0.2) is 0 Å². The van der Waals surface area contributed by atoms with Crippen LogP contribution in [0, 0.1) is 0 Å². The van der Waals surface area contributed by atoms with Crippen LogP contribution in [-0.4, -0.2) is 55.5 Å². The van der Waals surface area contributed by atoms with E-state index in [1.54, 1.807) is 0 Å². The molecule has 0 aromatic heterocycles. The minimum atomic E-state index is -0.332. The summed E-state index contributed by atoms with van der Waals surface area (Å²) < 4.78 is 11.4. The molecule has 0 saturated carbocycles. The van der Waals surface area contributed by atoms with Gasteiger partial charge in [0, 0.05) is 32.5 Å². The average molecular weight is 240 g/mol. The molecule has 3 saturated heterocycles. The van der Waals surface area contributed by atoms with Gasteiger partial charge in [0.25, 0.3) is 0 Å². The van der Waals surface area contributed by atoms with Gasteiger partial charge in [-0.05, 0) is 12.8 Å². The van der Waals surface area contributed by atoms with Crippen LogP contribution >= 0.6 is 0 Å². The van der Waals surface area contributed by atoms with Gasteiger partial charge < -0.3 is 14.8 Å². The van der Waals surface area contributed by atoms with Crippen molar-refractivity contribution in [1.82, 2.24) is 10.2 Å². The lowest BCUT2D eigenvalue weighted by Crippen LogP contribution is -2.55. The molecule has 3 aliphatic heterocycles. The first-order valence-electron chi connectivity index (χ1n) is 6.59. The van der Waals surface area contributed by atoms with Crippen LogP contribution in [-0.2, 0) is 14.3 Å². The second-order valence-electron chi connectivity index (χ2n) is 5.09. The monoisotopic (exact) mass is 240 g/mol. The average Bonchev–Trinajstić information content (AvgIpc) is 2.80. The summed E-state index contributed by atoms with van der Waals surface area (Å²) in [4.78, 5) is 14.1. The summed E-state index contributed by atoms with van der Waals surface area (Å²) in [6.07, 6.45) is 3.85. The molecule has 96 valence electrons. The van der Waals surface area contributed by atoms with E-state index in [1.165, 1.54) is 0 Å². The molecule has 5 heteroatoms. The Morgan fingerprint density at radius 3 is 2.59 bits per heavy atom. The molecule has 1 spiro atoms. The van der Waals surface area contributed by atoms with Crippen molar-refractivity contribution in [2.45, 2.75) is 37.5 Å². The Morgan fingerprint density at radius 1 is 1.24 bits per heavy atom. The Morgan fingerprint density at radius 2 is 1.94 bits per heavy atom. The summed E-state index contributed by atoms with van der Waals surface area (Å²) in [7, 11) is 0. The van der Waals surface area contributed by atoms with E-state index in [0.717, 1.165) is 45.3 Å². The first kappa shape index (κ1) is 11.4. The van der Waals surface area contributed by atoms with Gasteiger partial charge >= 0.3 is 0 Å². The number of hydrogen-bond acceptors (Lipinski definition) is 4. The van der Waals surface area contributed by atoms with Crippen molar-refractivity contribution in [3.8, 4) is 0 Å². The smallest absolute Gasteiger partial charge is 0.237 e. The second-order valence-corrected chi connectivity index (χ2v) is 5.09. The molecule has 3 aliphatic rings. The molecule has 1 amide bonds. The molecule has 1 N–H and O–H groups in total. The zero-order valence-corrected chi connectivity index (χ0v) is 10.1. The standard InChI is InChI=1S/C12H20N2O3/c15-11-10(2-1-5-13-11)14-6-3-12(4-7-14)16-8-9-17-12/h10H,1-9H2,(H,13,15). The lowest BCUT2D eigenvalue weighted by Gasteiger charge is -2.41. The zero-order valence-electron chi connectivity index (χ0n) is 10.1. The van der Waals surface area contributed by atoms with E-state index in [4.69, 9.17) is 9.47 Å². The van der Waals surface area contributed by atoms with Gasteiger partial charge in [-0.3, -0.25) is 9.69 Å². The van der Waals surface area contributed by atoms with Crippen LogP contribution in [0.3, 0.4) is 0 Å². The van der Waals surface area contributed by atoms with Gasteiger partial charge in [0.05, 0.1) is 19.3 Å². The van der Waals surface area contributed by atoms with Gasteiger partial charge in [-0.15, -0.1) is 0 Å². The number of nitrogens with zero attached hydrogens (tertiary/aromatic N) is 1. The van der Waals surface area contributed by atoms with Gasteiger partial charge in [0.2, 0.25) is 5.91 Å². The molecule has 0 aliphatic carbocycles. The highest BCUT2D eigenvalue weighted by molar-refractivity contribution is 5.82. The van der Waals surface area contributed by atoms with Crippen molar-refractivity contribution in [2.75, 3.05) is 32.8 Å². The number of nitrogens with one attached hydrogen (secondary N) is 1. The summed E-state index contributed by atoms with van der Waals surface area (Å²) in [5.74, 6) is -0.137. The number of carbonyl (C=O) groups is 1. The lowest BCUT2D eigenvalue weighted by molar-refractivity contribution is -0.189. The van der Waals surface area contributed by atoms with Crippen molar-refractivity contribution >= 4 is 5.91 Å². The zero-order chi connectivity index (χ0) is 11.7. The van der Waals surface area contributed by atoms with Crippen molar-refractivity contribution in [2.24, 2.45) is 0 Å². The van der Waals surface area contributed by atoms with E-state index in [0.29, 0.717) is 13.2 Å². The molecule has 0 aromatic rings. The number of amides is 1. The molecular weight excluding hydrogens is 220 g/mol. The molecule has 0 aromatic carbocycles. The molecule has 3 fully saturated rings. The number of hydrogen-bond donors (Lipinski definition) is 1. The summed E-state index contributed by atoms with van der Waals surface area (Å²) in [5.41, 5.74) is 0. The van der Waals surface area contributed by atoms with Crippen LogP contribution in [0.1, 0.15) is 25.7 Å². The van der Waals surface area contributed by atoms with E-state index in [1.807, 2.05) is 0 Å². The fourth-order valence-corrected chi connectivity index (χ4v) is 3.07. The normalized spacial score (nSPS) is 33.9. The van der Waals surface area contributed by atoms with E-state index < -0.39 is 0 Å². The molecule has 3 heterocycles. The summed E-state index contributed by atoms with van der Waals surface area (Å²) in [6.45, 7) is 4.06. The van der Waals surface area contributed by atoms with E-state index in [9.17, 15) is 4.79 Å². The van der Waals surface area contributed by atoms with Crippen molar-refractivity contribution in [3.05, 3.63) is 0 Å². The highest BCUT2D eigenvalue weighted by Crippen LogP contribution is 2.32. The van der Waals surface area contributed by atoms with Crippen molar-refractivity contribution in [3.63, 3.8) is 0 Å². The van der Waals surface area contributed by atoms with Crippen LogP contribution < -0.4 is 5.32 Å². The van der Waals surface area contributed by atoms with Gasteiger partial charge in [-0.25, -0.2) is 0 Å². The first-order valence-corrected chi connectivity index (χ1v) is 6.59. The highest BCUT2D eigenvalue weighted by atomic mass is 16.7. The second kappa shape index (κ2) is 4.55. The van der Waals surface area contributed by atoms with Crippen LogP contribution in [0.25, 0.3) is 0 Å². The predicted octanol–water partition coefficient (Wildman–Crippen LogP) is 0.104. The number of carbonyl (C=O) groups excluding carboxylic acids is 1. The number of rotatable bonds is 1. The van der Waals surface area contributed by atoms with Gasteiger partial charge in [-0.2, -0.15) is 0 Å². The van der Waals surface area contributed by atoms with Gasteiger partial charge in [-0.1, -0.05) is 0 Å². The number of likely N-dealkylation sites (tertiary alicyclic amines) is 1. The summed E-state index contributed by atoms with van der Waals surface area (Å²) >= 11 is 0. The molecule has 1 unspecified atom stereocenters. The largest absolute Gasteiger partial charge is 0.355 e. The Labute approximate surface area is 101 Å². The van der Waals surface area contributed by atoms with Crippen LogP contribution in [0.5, 0.6) is 0 Å². The first-order chi connectivity index (χ1) is 8.29. The van der Waals surface area contributed by atoms with E-state index in [2.05, 4.69) is 10.2 Å². The molecule has 0 bridgehead atoms. The number of ether oxygens (including phenoxy) is 2. The molecule has 5 nitrogen and oxygen atoms in total. The Kier molecular flexibility index (Phi) is 3.06. The maximum atomic E-state index is 11.8. The topological polar surface area (TPSA) is 50.8 Å².